The number of hydrogen-bond donors (Lipinski definition) is 1. The lowest BCUT2D eigenvalue weighted by atomic mass is 10.1. The van der Waals surface area contributed by atoms with Crippen LogP contribution in [0.2, 0.25) is 0 Å². The maximum absolute atomic E-state index is 5.59. The first kappa shape index (κ1) is 11.1. The van der Waals surface area contributed by atoms with Gasteiger partial charge in [0.15, 0.2) is 0 Å². The zero-order valence-corrected chi connectivity index (χ0v) is 9.65. The van der Waals surface area contributed by atoms with E-state index in [-0.39, 0.29) is 6.23 Å². The summed E-state index contributed by atoms with van der Waals surface area (Å²) in [4.78, 5) is 4.45. The fourth-order valence-electron chi connectivity index (χ4n) is 1.72. The van der Waals surface area contributed by atoms with Crippen molar-refractivity contribution in [2.24, 2.45) is 4.99 Å². The van der Waals surface area contributed by atoms with Gasteiger partial charge in [0.2, 0.25) is 0 Å². The number of benzene rings is 1. The highest BCUT2D eigenvalue weighted by Gasteiger charge is 2.16. The Labute approximate surface area is 96.5 Å². The van der Waals surface area contributed by atoms with Crippen molar-refractivity contribution in [3.05, 3.63) is 35.9 Å². The molecule has 16 heavy (non-hydrogen) atoms. The molecule has 0 spiro atoms. The maximum atomic E-state index is 5.59. The van der Waals surface area contributed by atoms with Gasteiger partial charge in [0.25, 0.3) is 0 Å². The first-order chi connectivity index (χ1) is 7.88. The minimum atomic E-state index is 0.0821. The van der Waals surface area contributed by atoms with Crippen molar-refractivity contribution >= 4 is 5.84 Å². The van der Waals surface area contributed by atoms with Gasteiger partial charge in [-0.3, -0.25) is 4.99 Å². The van der Waals surface area contributed by atoms with Gasteiger partial charge in [0, 0.05) is 13.0 Å². The summed E-state index contributed by atoms with van der Waals surface area (Å²) in [6, 6.07) is 10.4. The highest BCUT2D eigenvalue weighted by atomic mass is 16.5. The second-order valence-electron chi connectivity index (χ2n) is 3.95. The van der Waals surface area contributed by atoms with Gasteiger partial charge in [-0.1, -0.05) is 37.3 Å². The van der Waals surface area contributed by atoms with E-state index in [9.17, 15) is 0 Å². The summed E-state index contributed by atoms with van der Waals surface area (Å²) in [5.41, 5.74) is 1.28. The van der Waals surface area contributed by atoms with Gasteiger partial charge in [0.1, 0.15) is 12.1 Å². The smallest absolute Gasteiger partial charge is 0.148 e. The van der Waals surface area contributed by atoms with Gasteiger partial charge in [-0.05, 0) is 12.0 Å². The highest BCUT2D eigenvalue weighted by molar-refractivity contribution is 5.85. The van der Waals surface area contributed by atoms with Crippen molar-refractivity contribution in [3.8, 4) is 0 Å². The molecule has 0 fully saturated rings. The molecular weight excluding hydrogens is 200 g/mol. The van der Waals surface area contributed by atoms with Crippen LogP contribution in [0.25, 0.3) is 0 Å². The Morgan fingerprint density at radius 1 is 1.38 bits per heavy atom. The molecule has 2 rings (SSSR count). The summed E-state index contributed by atoms with van der Waals surface area (Å²) in [5.74, 6) is 1.03. The molecular formula is C13H18N2O. The van der Waals surface area contributed by atoms with E-state index in [0.29, 0.717) is 0 Å². The minimum absolute atomic E-state index is 0.0821. The van der Waals surface area contributed by atoms with Crippen LogP contribution in [0.15, 0.2) is 35.3 Å². The van der Waals surface area contributed by atoms with Crippen LogP contribution in [0.1, 0.15) is 18.9 Å². The third kappa shape index (κ3) is 3.07. The number of rotatable bonds is 5. The van der Waals surface area contributed by atoms with Crippen molar-refractivity contribution in [2.75, 3.05) is 13.2 Å². The summed E-state index contributed by atoms with van der Waals surface area (Å²) in [7, 11) is 0. The number of nitrogens with zero attached hydrogens (tertiary/aromatic N) is 1. The molecule has 0 aliphatic carbocycles. The van der Waals surface area contributed by atoms with Crippen molar-refractivity contribution < 1.29 is 4.74 Å². The van der Waals surface area contributed by atoms with Gasteiger partial charge < -0.3 is 10.1 Å². The summed E-state index contributed by atoms with van der Waals surface area (Å²) >= 11 is 0. The predicted molar refractivity (Wildman–Crippen MR) is 65.6 cm³/mol. The average Bonchev–Trinajstić information content (AvgIpc) is 2.75. The van der Waals surface area contributed by atoms with Crippen molar-refractivity contribution in [1.82, 2.24) is 5.32 Å². The molecule has 1 unspecified atom stereocenters. The molecule has 0 radical (unpaired) electrons. The molecule has 86 valence electrons. The lowest BCUT2D eigenvalue weighted by Gasteiger charge is -2.12. The Kier molecular flexibility index (Phi) is 3.94. The van der Waals surface area contributed by atoms with E-state index in [1.165, 1.54) is 5.56 Å². The molecule has 0 aromatic heterocycles. The van der Waals surface area contributed by atoms with Crippen LogP contribution in [0, 0.1) is 0 Å². The van der Waals surface area contributed by atoms with Crippen LogP contribution < -0.4 is 5.32 Å². The minimum Gasteiger partial charge on any atom is -0.357 e. The molecule has 1 aromatic rings. The molecule has 3 heteroatoms. The van der Waals surface area contributed by atoms with Gasteiger partial charge in [-0.15, -0.1) is 0 Å². The van der Waals surface area contributed by atoms with Crippen LogP contribution >= 0.6 is 0 Å². The van der Waals surface area contributed by atoms with E-state index < -0.39 is 0 Å². The SMILES string of the molecule is CCCOC1CN=C(Cc2ccccc2)N1. The molecule has 1 aromatic carbocycles. The molecule has 1 aliphatic heterocycles. The van der Waals surface area contributed by atoms with Gasteiger partial charge >= 0.3 is 0 Å². The zero-order valence-electron chi connectivity index (χ0n) is 9.65. The monoisotopic (exact) mass is 218 g/mol. The fourth-order valence-corrected chi connectivity index (χ4v) is 1.72. The molecule has 0 bridgehead atoms. The fraction of sp³-hybridized carbons (Fsp3) is 0.462. The second kappa shape index (κ2) is 5.66. The molecule has 1 atom stereocenters. The van der Waals surface area contributed by atoms with Crippen molar-refractivity contribution in [2.45, 2.75) is 26.0 Å². The van der Waals surface area contributed by atoms with E-state index in [1.54, 1.807) is 0 Å². The lowest BCUT2D eigenvalue weighted by Crippen LogP contribution is -2.33. The van der Waals surface area contributed by atoms with Gasteiger partial charge in [-0.25, -0.2) is 0 Å². The molecule has 1 N–H and O–H groups in total. The standard InChI is InChI=1S/C13H18N2O/c1-2-8-16-13-10-14-12(15-13)9-11-6-4-3-5-7-11/h3-7,13H,2,8-10H2,1H3,(H,14,15). The van der Waals surface area contributed by atoms with Gasteiger partial charge in [0.05, 0.1) is 6.54 Å². The third-order valence-corrected chi connectivity index (χ3v) is 2.51. The lowest BCUT2D eigenvalue weighted by molar-refractivity contribution is 0.0560. The Hall–Kier alpha value is -1.35. The molecule has 1 aliphatic rings. The van der Waals surface area contributed by atoms with Crippen LogP contribution in [0.4, 0.5) is 0 Å². The number of aliphatic imine (C=N–C) groups is 1. The van der Waals surface area contributed by atoms with Gasteiger partial charge in [-0.2, -0.15) is 0 Å². The summed E-state index contributed by atoms with van der Waals surface area (Å²) in [6.45, 7) is 3.65. The summed E-state index contributed by atoms with van der Waals surface area (Å²) in [5, 5.41) is 3.30. The normalized spacial score (nSPS) is 19.3. The number of hydrogen-bond acceptors (Lipinski definition) is 3. The van der Waals surface area contributed by atoms with Crippen LogP contribution in [-0.4, -0.2) is 25.2 Å². The van der Waals surface area contributed by atoms with Crippen molar-refractivity contribution in [1.29, 1.82) is 0 Å². The number of ether oxygens (including phenoxy) is 1. The Morgan fingerprint density at radius 2 is 2.19 bits per heavy atom. The Bertz CT molecular complexity index is 348. The maximum Gasteiger partial charge on any atom is 0.148 e. The summed E-state index contributed by atoms with van der Waals surface area (Å²) < 4.78 is 5.59. The molecule has 0 amide bonds. The second-order valence-corrected chi connectivity index (χ2v) is 3.95. The molecule has 0 saturated heterocycles. The topological polar surface area (TPSA) is 33.6 Å². The first-order valence-electron chi connectivity index (χ1n) is 5.84. The van der Waals surface area contributed by atoms with E-state index in [0.717, 1.165) is 31.8 Å². The highest BCUT2D eigenvalue weighted by Crippen LogP contribution is 2.05. The van der Waals surface area contributed by atoms with Crippen LogP contribution in [0.3, 0.4) is 0 Å². The Morgan fingerprint density at radius 3 is 2.94 bits per heavy atom. The zero-order chi connectivity index (χ0) is 11.2. The molecule has 0 saturated carbocycles. The molecule has 3 nitrogen and oxygen atoms in total. The van der Waals surface area contributed by atoms with Crippen LogP contribution in [0.5, 0.6) is 0 Å². The number of nitrogens with one attached hydrogen (secondary N) is 1. The Balaban J connectivity index is 1.81. The average molecular weight is 218 g/mol. The first-order valence-corrected chi connectivity index (χ1v) is 5.84. The van der Waals surface area contributed by atoms with E-state index in [4.69, 9.17) is 4.74 Å². The van der Waals surface area contributed by atoms with E-state index in [1.807, 2.05) is 6.07 Å². The third-order valence-electron chi connectivity index (χ3n) is 2.51. The molecule has 1 heterocycles. The quantitative estimate of drug-likeness (QED) is 0.820. The predicted octanol–water partition coefficient (Wildman–Crippen LogP) is 1.98. The van der Waals surface area contributed by atoms with Crippen LogP contribution in [-0.2, 0) is 11.2 Å². The van der Waals surface area contributed by atoms with Crippen molar-refractivity contribution in [3.63, 3.8) is 0 Å². The summed E-state index contributed by atoms with van der Waals surface area (Å²) in [6.07, 6.45) is 2.00. The van der Waals surface area contributed by atoms with E-state index >= 15 is 0 Å². The number of amidine groups is 1. The largest absolute Gasteiger partial charge is 0.357 e. The van der Waals surface area contributed by atoms with E-state index in [2.05, 4.69) is 41.5 Å².